The van der Waals surface area contributed by atoms with Gasteiger partial charge in [-0.05, 0) is 25.3 Å². The molecule has 0 saturated heterocycles. The second-order valence-electron chi connectivity index (χ2n) is 2.85. The molecule has 0 bridgehead atoms. The number of aliphatic hydroxyl groups is 1. The molecule has 0 unspecified atom stereocenters. The van der Waals surface area contributed by atoms with Crippen molar-refractivity contribution in [1.29, 1.82) is 0 Å². The molecule has 1 N–H and O–H groups in total. The number of rotatable bonds is 5. The molecular formula is C10H15NO2. The fourth-order valence-electron chi connectivity index (χ4n) is 1.13. The van der Waals surface area contributed by atoms with E-state index in [2.05, 4.69) is 4.98 Å². The number of hydrogen-bond acceptors (Lipinski definition) is 3. The first kappa shape index (κ1) is 9.99. The minimum Gasteiger partial charge on any atom is -0.481 e. The number of aliphatic hydroxyl groups excluding tert-OH is 1. The lowest BCUT2D eigenvalue weighted by molar-refractivity contribution is 0.284. The fourth-order valence-corrected chi connectivity index (χ4v) is 1.13. The van der Waals surface area contributed by atoms with E-state index in [1.165, 1.54) is 0 Å². The van der Waals surface area contributed by atoms with E-state index in [-0.39, 0.29) is 6.61 Å². The summed E-state index contributed by atoms with van der Waals surface area (Å²) in [5, 5.41) is 8.60. The molecule has 1 aromatic rings. The van der Waals surface area contributed by atoms with Crippen LogP contribution in [0.25, 0.3) is 0 Å². The third-order valence-corrected chi connectivity index (χ3v) is 1.83. The van der Waals surface area contributed by atoms with E-state index in [0.29, 0.717) is 5.88 Å². The van der Waals surface area contributed by atoms with Gasteiger partial charge in [-0.3, -0.25) is 0 Å². The molecule has 1 aromatic heterocycles. The zero-order chi connectivity index (χ0) is 9.52. The van der Waals surface area contributed by atoms with Gasteiger partial charge in [-0.15, -0.1) is 0 Å². The summed E-state index contributed by atoms with van der Waals surface area (Å²) >= 11 is 0. The van der Waals surface area contributed by atoms with Gasteiger partial charge < -0.3 is 9.84 Å². The molecule has 1 heterocycles. The van der Waals surface area contributed by atoms with Crippen molar-refractivity contribution in [2.75, 3.05) is 13.7 Å². The summed E-state index contributed by atoms with van der Waals surface area (Å²) in [5.74, 6) is 0.654. The van der Waals surface area contributed by atoms with Gasteiger partial charge in [0.1, 0.15) is 0 Å². The Hall–Kier alpha value is -1.09. The molecular weight excluding hydrogens is 166 g/mol. The topological polar surface area (TPSA) is 42.4 Å². The first-order chi connectivity index (χ1) is 6.36. The fraction of sp³-hybridized carbons (Fsp3) is 0.500. The van der Waals surface area contributed by atoms with Crippen LogP contribution in [-0.4, -0.2) is 23.8 Å². The maximum Gasteiger partial charge on any atom is 0.213 e. The largest absolute Gasteiger partial charge is 0.481 e. The van der Waals surface area contributed by atoms with Gasteiger partial charge in [-0.2, -0.15) is 0 Å². The smallest absolute Gasteiger partial charge is 0.213 e. The van der Waals surface area contributed by atoms with Crippen LogP contribution >= 0.6 is 0 Å². The van der Waals surface area contributed by atoms with Crippen LogP contribution in [0.4, 0.5) is 0 Å². The van der Waals surface area contributed by atoms with Crippen molar-refractivity contribution >= 4 is 0 Å². The standard InChI is InChI=1S/C10H15NO2/c1-13-10-7-4-6-9(11-10)5-2-3-8-12/h4,6-7,12H,2-3,5,8H2,1H3. The zero-order valence-corrected chi connectivity index (χ0v) is 7.86. The zero-order valence-electron chi connectivity index (χ0n) is 7.86. The van der Waals surface area contributed by atoms with Gasteiger partial charge in [-0.1, -0.05) is 6.07 Å². The quantitative estimate of drug-likeness (QED) is 0.698. The summed E-state index contributed by atoms with van der Waals surface area (Å²) in [6.07, 6.45) is 2.70. The van der Waals surface area contributed by atoms with Crippen molar-refractivity contribution in [1.82, 2.24) is 4.98 Å². The van der Waals surface area contributed by atoms with Gasteiger partial charge in [0.05, 0.1) is 7.11 Å². The van der Waals surface area contributed by atoms with Crippen molar-refractivity contribution < 1.29 is 9.84 Å². The third-order valence-electron chi connectivity index (χ3n) is 1.83. The van der Waals surface area contributed by atoms with E-state index in [0.717, 1.165) is 25.0 Å². The summed E-state index contributed by atoms with van der Waals surface area (Å²) in [7, 11) is 1.61. The van der Waals surface area contributed by atoms with Crippen LogP contribution in [-0.2, 0) is 6.42 Å². The molecule has 0 aliphatic rings. The molecule has 0 amide bonds. The van der Waals surface area contributed by atoms with Crippen LogP contribution < -0.4 is 4.74 Å². The first-order valence-corrected chi connectivity index (χ1v) is 4.47. The van der Waals surface area contributed by atoms with E-state index in [1.807, 2.05) is 18.2 Å². The third kappa shape index (κ3) is 3.42. The highest BCUT2D eigenvalue weighted by Gasteiger charge is 1.96. The SMILES string of the molecule is COc1cccc(CCCCO)n1. The highest BCUT2D eigenvalue weighted by atomic mass is 16.5. The first-order valence-electron chi connectivity index (χ1n) is 4.47. The van der Waals surface area contributed by atoms with Crippen molar-refractivity contribution in [3.8, 4) is 5.88 Å². The summed E-state index contributed by atoms with van der Waals surface area (Å²) in [6.45, 7) is 0.254. The molecule has 0 aliphatic heterocycles. The monoisotopic (exact) mass is 181 g/mol. The predicted molar refractivity (Wildman–Crippen MR) is 50.8 cm³/mol. The lowest BCUT2D eigenvalue weighted by Gasteiger charge is -2.02. The highest BCUT2D eigenvalue weighted by molar-refractivity contribution is 5.15. The summed E-state index contributed by atoms with van der Waals surface area (Å²) in [5.41, 5.74) is 1.02. The van der Waals surface area contributed by atoms with Crippen molar-refractivity contribution in [3.05, 3.63) is 23.9 Å². The van der Waals surface area contributed by atoms with Crippen LogP contribution in [0, 0.1) is 0 Å². The predicted octanol–water partition coefficient (Wildman–Crippen LogP) is 1.41. The number of methoxy groups -OCH3 is 1. The van der Waals surface area contributed by atoms with Gasteiger partial charge in [-0.25, -0.2) is 4.98 Å². The minimum atomic E-state index is 0.254. The molecule has 0 aliphatic carbocycles. The molecule has 0 saturated carbocycles. The molecule has 72 valence electrons. The van der Waals surface area contributed by atoms with Crippen molar-refractivity contribution in [2.24, 2.45) is 0 Å². The average molecular weight is 181 g/mol. The Bertz CT molecular complexity index is 250. The van der Waals surface area contributed by atoms with Gasteiger partial charge in [0.15, 0.2) is 0 Å². The normalized spacial score (nSPS) is 10.0. The van der Waals surface area contributed by atoms with E-state index in [4.69, 9.17) is 9.84 Å². The lowest BCUT2D eigenvalue weighted by atomic mass is 10.2. The van der Waals surface area contributed by atoms with E-state index in [1.54, 1.807) is 7.11 Å². The van der Waals surface area contributed by atoms with Crippen LogP contribution in [0.15, 0.2) is 18.2 Å². The van der Waals surface area contributed by atoms with Gasteiger partial charge in [0, 0.05) is 18.4 Å². The maximum absolute atomic E-state index is 8.60. The molecule has 0 aromatic carbocycles. The molecule has 3 nitrogen and oxygen atoms in total. The second kappa shape index (κ2) is 5.54. The van der Waals surface area contributed by atoms with E-state index < -0.39 is 0 Å². The average Bonchev–Trinajstić information content (AvgIpc) is 2.19. The van der Waals surface area contributed by atoms with Gasteiger partial charge >= 0.3 is 0 Å². The minimum absolute atomic E-state index is 0.254. The Morgan fingerprint density at radius 1 is 1.38 bits per heavy atom. The number of ether oxygens (including phenoxy) is 1. The summed E-state index contributed by atoms with van der Waals surface area (Å²) in [4.78, 5) is 4.26. The maximum atomic E-state index is 8.60. The Balaban J connectivity index is 2.46. The van der Waals surface area contributed by atoms with Crippen LogP contribution in [0.3, 0.4) is 0 Å². The number of nitrogens with zero attached hydrogens (tertiary/aromatic N) is 1. The number of unbranched alkanes of at least 4 members (excludes halogenated alkanes) is 1. The lowest BCUT2D eigenvalue weighted by Crippen LogP contribution is -1.94. The second-order valence-corrected chi connectivity index (χ2v) is 2.85. The molecule has 3 heteroatoms. The number of aryl methyl sites for hydroxylation is 1. The van der Waals surface area contributed by atoms with Crippen molar-refractivity contribution in [3.63, 3.8) is 0 Å². The molecule has 0 fully saturated rings. The Labute approximate surface area is 78.4 Å². The number of aromatic nitrogens is 1. The summed E-state index contributed by atoms with van der Waals surface area (Å²) in [6, 6.07) is 5.73. The van der Waals surface area contributed by atoms with Crippen LogP contribution in [0.2, 0.25) is 0 Å². The van der Waals surface area contributed by atoms with Crippen molar-refractivity contribution in [2.45, 2.75) is 19.3 Å². The molecule has 0 radical (unpaired) electrons. The van der Waals surface area contributed by atoms with Crippen LogP contribution in [0.5, 0.6) is 5.88 Å². The Kier molecular flexibility index (Phi) is 4.26. The Morgan fingerprint density at radius 2 is 2.23 bits per heavy atom. The number of pyridine rings is 1. The molecule has 13 heavy (non-hydrogen) atoms. The van der Waals surface area contributed by atoms with E-state index >= 15 is 0 Å². The summed E-state index contributed by atoms with van der Waals surface area (Å²) < 4.78 is 5.00. The highest BCUT2D eigenvalue weighted by Crippen LogP contribution is 2.08. The Morgan fingerprint density at radius 3 is 2.92 bits per heavy atom. The molecule has 0 atom stereocenters. The number of hydrogen-bond donors (Lipinski definition) is 1. The molecule has 0 spiro atoms. The van der Waals surface area contributed by atoms with Gasteiger partial charge in [0.25, 0.3) is 0 Å². The van der Waals surface area contributed by atoms with E-state index in [9.17, 15) is 0 Å². The van der Waals surface area contributed by atoms with Gasteiger partial charge in [0.2, 0.25) is 5.88 Å². The van der Waals surface area contributed by atoms with Crippen LogP contribution in [0.1, 0.15) is 18.5 Å². The molecule has 1 rings (SSSR count).